The van der Waals surface area contributed by atoms with Crippen LogP contribution in [0.1, 0.15) is 11.1 Å². The number of nitrogens with zero attached hydrogens (tertiary/aromatic N) is 4. The first-order chi connectivity index (χ1) is 22.7. The Kier molecular flexibility index (Phi) is 12.1. The summed E-state index contributed by atoms with van der Waals surface area (Å²) in [6, 6.07) is 25.3. The van der Waals surface area contributed by atoms with Gasteiger partial charge in [0.05, 0.1) is 11.4 Å². The van der Waals surface area contributed by atoms with E-state index >= 15 is 0 Å². The molecule has 6 aromatic carbocycles. The Labute approximate surface area is 331 Å². The van der Waals surface area contributed by atoms with Gasteiger partial charge < -0.3 is 10.2 Å². The van der Waals surface area contributed by atoms with E-state index in [4.69, 9.17) is 0 Å². The molecule has 4 N–H and O–H groups in total. The van der Waals surface area contributed by atoms with Gasteiger partial charge in [-0.3, -0.25) is 9.11 Å². The summed E-state index contributed by atoms with van der Waals surface area (Å²) in [5, 5.41) is 38.8. The van der Waals surface area contributed by atoms with Crippen molar-refractivity contribution in [3.05, 3.63) is 108 Å². The fraction of sp³-hybridized carbons (Fsp3) is 0.0588. The van der Waals surface area contributed by atoms with E-state index in [2.05, 4.69) is 20.5 Å². The molecule has 0 aliphatic rings. The summed E-state index contributed by atoms with van der Waals surface area (Å²) in [4.78, 5) is -0.792. The van der Waals surface area contributed by atoms with Gasteiger partial charge in [0, 0.05) is 80.7 Å². The summed E-state index contributed by atoms with van der Waals surface area (Å²) in [5.41, 5.74) is 3.80. The van der Waals surface area contributed by atoms with Gasteiger partial charge in [-0.2, -0.15) is 27.1 Å². The monoisotopic (exact) mass is 728 g/mol. The molecule has 50 heavy (non-hydrogen) atoms. The van der Waals surface area contributed by atoms with Gasteiger partial charge >= 0.3 is 0 Å². The molecule has 244 valence electrons. The second-order valence-electron chi connectivity index (χ2n) is 10.9. The van der Waals surface area contributed by atoms with E-state index in [1.54, 1.807) is 36.4 Å². The van der Waals surface area contributed by atoms with E-state index in [1.807, 2.05) is 38.1 Å². The van der Waals surface area contributed by atoms with Crippen LogP contribution in [0.25, 0.3) is 32.7 Å². The zero-order valence-corrected chi connectivity index (χ0v) is 32.9. The van der Waals surface area contributed by atoms with Crippen LogP contribution >= 0.6 is 0 Å². The van der Waals surface area contributed by atoms with Crippen LogP contribution in [0.4, 0.5) is 22.7 Å². The number of phenolic OH excluding ortho intramolecular Hbond substituents is 2. The Hall–Kier alpha value is -3.54. The third kappa shape index (κ3) is 8.00. The van der Waals surface area contributed by atoms with Crippen LogP contribution in [0, 0.1) is 13.8 Å². The second-order valence-corrected chi connectivity index (χ2v) is 13.7. The van der Waals surface area contributed by atoms with Crippen molar-refractivity contribution in [1.29, 1.82) is 0 Å². The zero-order chi connectivity index (χ0) is 34.4. The van der Waals surface area contributed by atoms with E-state index in [0.717, 1.165) is 34.4 Å². The Morgan fingerprint density at radius 3 is 1.10 bits per heavy atom. The molecule has 0 heterocycles. The minimum absolute atomic E-state index is 0. The van der Waals surface area contributed by atoms with Crippen LogP contribution in [-0.2, 0) is 20.2 Å². The summed E-state index contributed by atoms with van der Waals surface area (Å²) >= 11 is 0. The van der Waals surface area contributed by atoms with Gasteiger partial charge in [-0.15, -0.1) is 10.2 Å². The molecule has 0 aliphatic carbocycles. The van der Waals surface area contributed by atoms with E-state index in [9.17, 15) is 36.2 Å². The average Bonchev–Trinajstić information content (AvgIpc) is 3.04. The topological polar surface area (TPSA) is 199 Å². The number of hydrogen-bond acceptors (Lipinski definition) is 10. The van der Waals surface area contributed by atoms with Crippen LogP contribution in [0.2, 0.25) is 0 Å². The first-order valence-electron chi connectivity index (χ1n) is 14.2. The zero-order valence-electron chi connectivity index (χ0n) is 27.3. The number of benzene rings is 6. The maximum absolute atomic E-state index is 12.0. The quantitative estimate of drug-likeness (QED) is 0.0715. The van der Waals surface area contributed by atoms with Gasteiger partial charge in [-0.25, -0.2) is 0 Å². The van der Waals surface area contributed by atoms with Gasteiger partial charge in [0.1, 0.15) is 21.2 Å². The molecule has 0 saturated heterocycles. The molecule has 0 saturated carbocycles. The largest absolute Gasteiger partial charge is 0.505 e. The molecule has 0 unspecified atom stereocenters. The fourth-order valence-electron chi connectivity index (χ4n) is 5.31. The smallest absolute Gasteiger partial charge is 0.295 e. The van der Waals surface area contributed by atoms with E-state index < -0.39 is 30.0 Å². The summed E-state index contributed by atoms with van der Waals surface area (Å²) in [5.74, 6) is -0.558. The summed E-state index contributed by atoms with van der Waals surface area (Å²) in [7, 11) is -9.21. The van der Waals surface area contributed by atoms with E-state index in [0.29, 0.717) is 11.4 Å². The summed E-state index contributed by atoms with van der Waals surface area (Å²) < 4.78 is 67.5. The number of aromatic hydroxyl groups is 2. The Balaban J connectivity index is 0.00000281. The first-order valence-corrected chi connectivity index (χ1v) is 17.1. The van der Waals surface area contributed by atoms with Crippen molar-refractivity contribution in [2.75, 3.05) is 0 Å². The van der Waals surface area contributed by atoms with Gasteiger partial charge in [-0.05, 0) is 72.5 Å². The standard InChI is InChI=1S/C34H26N4O8S2.2Na/c1-19-15-21(11-13-27(19)35-37-29-17-31(47(41,42)43)23-7-3-5-9-25(23)33(29)39)22-12-14-28(20(2)16-22)36-38-30-18-32(48(44,45)46)24-8-4-6-10-26(24)34(30)40;;/h3-18,39-40H,1-2H3,(H,41,42,43)(H,44,45,46);;. The van der Waals surface area contributed by atoms with Gasteiger partial charge in [-0.1, -0.05) is 60.7 Å². The SMILES string of the molecule is Cc1cc(-c2ccc(N=Nc3cc(S(=O)(=O)O)c4ccccc4c3O)c(C)c2)ccc1N=Nc1cc(S(=O)(=O)O)c2ccccc2c1O.[Na].[Na]. The van der Waals surface area contributed by atoms with Crippen LogP contribution in [0.15, 0.2) is 127 Å². The van der Waals surface area contributed by atoms with Crippen LogP contribution in [0.5, 0.6) is 11.5 Å². The number of fused-ring (bicyclic) bond motifs is 2. The molecule has 0 aromatic heterocycles. The van der Waals surface area contributed by atoms with Crippen molar-refractivity contribution in [2.45, 2.75) is 23.6 Å². The number of rotatable bonds is 7. The van der Waals surface area contributed by atoms with Crippen molar-refractivity contribution < 1.29 is 36.2 Å². The van der Waals surface area contributed by atoms with Crippen molar-refractivity contribution in [1.82, 2.24) is 0 Å². The average molecular weight is 729 g/mol. The Bertz CT molecular complexity index is 2400. The van der Waals surface area contributed by atoms with Gasteiger partial charge in [0.2, 0.25) is 0 Å². The molecule has 0 fully saturated rings. The fourth-order valence-corrected chi connectivity index (χ4v) is 6.75. The normalized spacial score (nSPS) is 12.0. The summed E-state index contributed by atoms with van der Waals surface area (Å²) in [6.07, 6.45) is 0. The van der Waals surface area contributed by atoms with Crippen LogP contribution in [-0.4, -0.2) is 95.3 Å². The predicted molar refractivity (Wildman–Crippen MR) is 192 cm³/mol. The molecule has 16 heteroatoms. The number of hydrogen-bond donors (Lipinski definition) is 4. The molecular formula is C34H26N4Na2O8S2. The van der Waals surface area contributed by atoms with Gasteiger partial charge in [0.15, 0.2) is 11.5 Å². The Morgan fingerprint density at radius 1 is 0.460 bits per heavy atom. The molecule has 0 atom stereocenters. The molecule has 0 bridgehead atoms. The van der Waals surface area contributed by atoms with Gasteiger partial charge in [0.25, 0.3) is 20.2 Å². The molecule has 6 aromatic rings. The minimum atomic E-state index is -4.61. The molecule has 0 spiro atoms. The third-order valence-corrected chi connectivity index (χ3v) is 9.52. The number of phenols is 2. The van der Waals surface area contributed by atoms with E-state index in [1.165, 1.54) is 24.3 Å². The molecule has 0 aliphatic heterocycles. The van der Waals surface area contributed by atoms with E-state index in [-0.39, 0.29) is 104 Å². The van der Waals surface area contributed by atoms with Crippen LogP contribution < -0.4 is 0 Å². The van der Waals surface area contributed by atoms with Crippen molar-refractivity contribution in [3.63, 3.8) is 0 Å². The molecule has 0 amide bonds. The number of aryl methyl sites for hydroxylation is 2. The predicted octanol–water partition coefficient (Wildman–Crippen LogP) is 8.25. The van der Waals surface area contributed by atoms with Crippen molar-refractivity contribution >= 4 is 124 Å². The number of azo groups is 2. The molecular weight excluding hydrogens is 703 g/mol. The van der Waals surface area contributed by atoms with Crippen molar-refractivity contribution in [2.24, 2.45) is 20.5 Å². The molecule has 12 nitrogen and oxygen atoms in total. The second kappa shape index (κ2) is 15.4. The molecule has 6 rings (SSSR count). The first kappa shape index (κ1) is 39.2. The Morgan fingerprint density at radius 2 is 0.780 bits per heavy atom. The maximum atomic E-state index is 12.0. The van der Waals surface area contributed by atoms with Crippen LogP contribution in [0.3, 0.4) is 0 Å². The summed E-state index contributed by atoms with van der Waals surface area (Å²) in [6.45, 7) is 3.63. The maximum Gasteiger partial charge on any atom is 0.295 e. The molecule has 2 radical (unpaired) electrons. The minimum Gasteiger partial charge on any atom is -0.505 e. The van der Waals surface area contributed by atoms with Crippen molar-refractivity contribution in [3.8, 4) is 22.6 Å². The third-order valence-electron chi connectivity index (χ3n) is 7.73.